The van der Waals surface area contributed by atoms with Crippen molar-refractivity contribution in [2.24, 2.45) is 0 Å². The number of aromatic nitrogens is 2. The molecule has 0 bridgehead atoms. The second-order valence-corrected chi connectivity index (χ2v) is 7.32. The van der Waals surface area contributed by atoms with Crippen molar-refractivity contribution in [3.05, 3.63) is 31.7 Å². The molecule has 2 aromatic rings. The summed E-state index contributed by atoms with van der Waals surface area (Å²) in [5, 5.41) is 16.4. The molecule has 2 rings (SSSR count). The standard InChI is InChI=1S/C14H19N3O2S2/c1-7(2)12-16-10(6-20-12)5-15-8(3)13-17-11(14(18)19)9(4)21-13/h6-8,15H,5H2,1-4H3,(H,18,19). The van der Waals surface area contributed by atoms with Crippen LogP contribution in [0.15, 0.2) is 5.38 Å². The zero-order valence-electron chi connectivity index (χ0n) is 12.5. The summed E-state index contributed by atoms with van der Waals surface area (Å²) in [6.07, 6.45) is 0. The third-order valence-electron chi connectivity index (χ3n) is 3.04. The van der Waals surface area contributed by atoms with Crippen LogP contribution in [0.5, 0.6) is 0 Å². The maximum atomic E-state index is 11.0. The Morgan fingerprint density at radius 1 is 1.33 bits per heavy atom. The van der Waals surface area contributed by atoms with Crippen molar-refractivity contribution in [2.75, 3.05) is 0 Å². The first kappa shape index (κ1) is 16.1. The van der Waals surface area contributed by atoms with E-state index in [2.05, 4.69) is 34.5 Å². The zero-order valence-corrected chi connectivity index (χ0v) is 14.1. The highest BCUT2D eigenvalue weighted by atomic mass is 32.1. The summed E-state index contributed by atoms with van der Waals surface area (Å²) in [7, 11) is 0. The van der Waals surface area contributed by atoms with Gasteiger partial charge in [-0.1, -0.05) is 13.8 Å². The second-order valence-electron chi connectivity index (χ2n) is 5.20. The third-order valence-corrected chi connectivity index (χ3v) is 5.39. The van der Waals surface area contributed by atoms with Gasteiger partial charge in [0.1, 0.15) is 5.01 Å². The molecule has 5 nitrogen and oxygen atoms in total. The van der Waals surface area contributed by atoms with Gasteiger partial charge >= 0.3 is 5.97 Å². The van der Waals surface area contributed by atoms with Crippen LogP contribution in [0.4, 0.5) is 0 Å². The number of nitrogens with one attached hydrogen (secondary N) is 1. The van der Waals surface area contributed by atoms with Crippen LogP contribution in [0.25, 0.3) is 0 Å². The number of rotatable bonds is 6. The molecule has 0 aliphatic carbocycles. The minimum absolute atomic E-state index is 0.00556. The normalized spacial score (nSPS) is 12.8. The van der Waals surface area contributed by atoms with E-state index >= 15 is 0 Å². The van der Waals surface area contributed by atoms with Crippen LogP contribution in [0.1, 0.15) is 63.8 Å². The lowest BCUT2D eigenvalue weighted by Gasteiger charge is -2.09. The van der Waals surface area contributed by atoms with E-state index in [-0.39, 0.29) is 11.7 Å². The van der Waals surface area contributed by atoms with Crippen LogP contribution < -0.4 is 5.32 Å². The molecule has 0 aromatic carbocycles. The van der Waals surface area contributed by atoms with E-state index in [1.807, 2.05) is 6.92 Å². The molecule has 114 valence electrons. The Morgan fingerprint density at radius 3 is 2.57 bits per heavy atom. The molecule has 0 aliphatic heterocycles. The summed E-state index contributed by atoms with van der Waals surface area (Å²) in [4.78, 5) is 20.5. The minimum atomic E-state index is -0.969. The second kappa shape index (κ2) is 6.64. The predicted octanol–water partition coefficient (Wildman–Crippen LogP) is 3.58. The molecule has 0 amide bonds. The highest BCUT2D eigenvalue weighted by molar-refractivity contribution is 7.12. The fourth-order valence-corrected chi connectivity index (χ4v) is 3.59. The van der Waals surface area contributed by atoms with Crippen LogP contribution >= 0.6 is 22.7 Å². The Balaban J connectivity index is 1.99. The van der Waals surface area contributed by atoms with E-state index in [4.69, 9.17) is 5.11 Å². The van der Waals surface area contributed by atoms with Gasteiger partial charge in [0, 0.05) is 22.7 Å². The average molecular weight is 325 g/mol. The van der Waals surface area contributed by atoms with Crippen molar-refractivity contribution in [1.82, 2.24) is 15.3 Å². The lowest BCUT2D eigenvalue weighted by Crippen LogP contribution is -2.18. The smallest absolute Gasteiger partial charge is 0.355 e. The Kier molecular flexibility index (Phi) is 5.08. The molecule has 0 saturated carbocycles. The summed E-state index contributed by atoms with van der Waals surface area (Å²) >= 11 is 3.10. The zero-order chi connectivity index (χ0) is 15.6. The van der Waals surface area contributed by atoms with Crippen LogP contribution in [-0.4, -0.2) is 21.0 Å². The Hall–Kier alpha value is -1.31. The van der Waals surface area contributed by atoms with Gasteiger partial charge in [0.25, 0.3) is 0 Å². The van der Waals surface area contributed by atoms with Gasteiger partial charge in [-0.3, -0.25) is 0 Å². The van der Waals surface area contributed by atoms with Crippen LogP contribution in [-0.2, 0) is 6.54 Å². The monoisotopic (exact) mass is 325 g/mol. The number of aryl methyl sites for hydroxylation is 1. The predicted molar refractivity (Wildman–Crippen MR) is 85.3 cm³/mol. The first-order valence-electron chi connectivity index (χ1n) is 6.76. The molecule has 2 aromatic heterocycles. The van der Waals surface area contributed by atoms with Crippen molar-refractivity contribution < 1.29 is 9.90 Å². The Labute approximate surface area is 132 Å². The first-order chi connectivity index (χ1) is 9.88. The molecule has 0 radical (unpaired) electrons. The average Bonchev–Trinajstić information content (AvgIpc) is 3.02. The lowest BCUT2D eigenvalue weighted by atomic mass is 10.2. The van der Waals surface area contributed by atoms with Crippen molar-refractivity contribution in [1.29, 1.82) is 0 Å². The van der Waals surface area contributed by atoms with E-state index in [1.54, 1.807) is 18.3 Å². The SMILES string of the molecule is Cc1sc(C(C)NCc2csc(C(C)C)n2)nc1C(=O)O. The number of thiazole rings is 2. The van der Waals surface area contributed by atoms with Gasteiger partial charge in [0.15, 0.2) is 5.69 Å². The number of carboxylic acid groups (broad SMARTS) is 1. The Bertz CT molecular complexity index is 634. The van der Waals surface area contributed by atoms with Crippen molar-refractivity contribution >= 4 is 28.6 Å². The molecule has 21 heavy (non-hydrogen) atoms. The largest absolute Gasteiger partial charge is 0.476 e. The molecule has 0 spiro atoms. The van der Waals surface area contributed by atoms with E-state index < -0.39 is 5.97 Å². The lowest BCUT2D eigenvalue weighted by molar-refractivity contribution is 0.0690. The number of aromatic carboxylic acids is 1. The van der Waals surface area contributed by atoms with E-state index in [0.717, 1.165) is 20.6 Å². The topological polar surface area (TPSA) is 75.1 Å². The van der Waals surface area contributed by atoms with Gasteiger partial charge in [-0.15, -0.1) is 22.7 Å². The number of hydrogen-bond donors (Lipinski definition) is 2. The van der Waals surface area contributed by atoms with Gasteiger partial charge < -0.3 is 10.4 Å². The van der Waals surface area contributed by atoms with E-state index in [0.29, 0.717) is 12.5 Å². The van der Waals surface area contributed by atoms with Crippen LogP contribution in [0.2, 0.25) is 0 Å². The van der Waals surface area contributed by atoms with E-state index in [9.17, 15) is 4.79 Å². The fourth-order valence-electron chi connectivity index (χ4n) is 1.81. The number of nitrogens with zero attached hydrogens (tertiary/aromatic N) is 2. The summed E-state index contributed by atoms with van der Waals surface area (Å²) in [6, 6.07) is 0.00556. The van der Waals surface area contributed by atoms with Gasteiger partial charge in [-0.05, 0) is 13.8 Å². The number of carbonyl (C=O) groups is 1. The summed E-state index contributed by atoms with van der Waals surface area (Å²) < 4.78 is 0. The van der Waals surface area contributed by atoms with Crippen LogP contribution in [0.3, 0.4) is 0 Å². The fraction of sp³-hybridized carbons (Fsp3) is 0.500. The molecular formula is C14H19N3O2S2. The summed E-state index contributed by atoms with van der Waals surface area (Å²) in [5.41, 5.74) is 1.17. The van der Waals surface area contributed by atoms with Gasteiger partial charge in [-0.2, -0.15) is 0 Å². The molecule has 0 fully saturated rings. The van der Waals surface area contributed by atoms with Gasteiger partial charge in [-0.25, -0.2) is 14.8 Å². The first-order valence-corrected chi connectivity index (χ1v) is 8.46. The van der Waals surface area contributed by atoms with Crippen LogP contribution in [0, 0.1) is 6.92 Å². The summed E-state index contributed by atoms with van der Waals surface area (Å²) in [6.45, 7) is 8.69. The minimum Gasteiger partial charge on any atom is -0.476 e. The van der Waals surface area contributed by atoms with Crippen molar-refractivity contribution in [3.8, 4) is 0 Å². The molecule has 0 saturated heterocycles. The van der Waals surface area contributed by atoms with Gasteiger partial charge in [0.05, 0.1) is 16.7 Å². The molecule has 2 N–H and O–H groups in total. The maximum Gasteiger partial charge on any atom is 0.355 e. The highest BCUT2D eigenvalue weighted by Gasteiger charge is 2.18. The number of carboxylic acids is 1. The molecule has 2 heterocycles. The number of hydrogen-bond acceptors (Lipinski definition) is 6. The maximum absolute atomic E-state index is 11.0. The highest BCUT2D eigenvalue weighted by Crippen LogP contribution is 2.24. The molecular weight excluding hydrogens is 306 g/mol. The quantitative estimate of drug-likeness (QED) is 0.849. The molecule has 0 aliphatic rings. The van der Waals surface area contributed by atoms with Crippen molar-refractivity contribution in [2.45, 2.75) is 46.2 Å². The molecule has 7 heteroatoms. The van der Waals surface area contributed by atoms with E-state index in [1.165, 1.54) is 11.3 Å². The molecule has 1 unspecified atom stereocenters. The molecule has 1 atom stereocenters. The summed E-state index contributed by atoms with van der Waals surface area (Å²) in [5.74, 6) is -0.524. The Morgan fingerprint density at radius 2 is 2.05 bits per heavy atom. The van der Waals surface area contributed by atoms with Gasteiger partial charge in [0.2, 0.25) is 0 Å². The van der Waals surface area contributed by atoms with Crippen molar-refractivity contribution in [3.63, 3.8) is 0 Å². The third kappa shape index (κ3) is 3.87.